The zero-order chi connectivity index (χ0) is 19.1. The van der Waals surface area contributed by atoms with Crippen LogP contribution in [-0.2, 0) is 0 Å². The minimum Gasteiger partial charge on any atom is -0.396 e. The molecule has 1 amide bonds. The number of rotatable bonds is 8. The van der Waals surface area contributed by atoms with Gasteiger partial charge in [-0.2, -0.15) is 0 Å². The summed E-state index contributed by atoms with van der Waals surface area (Å²) in [4.78, 5) is 19.1. The summed E-state index contributed by atoms with van der Waals surface area (Å²) in [5, 5.41) is 18.2. The van der Waals surface area contributed by atoms with Gasteiger partial charge in [-0.1, -0.05) is 0 Å². The Labute approximate surface area is 157 Å². The first kappa shape index (κ1) is 20.7. The molecule has 2 atom stereocenters. The molecule has 0 unspecified atom stereocenters. The van der Waals surface area contributed by atoms with Gasteiger partial charge in [0.2, 0.25) is 0 Å². The van der Waals surface area contributed by atoms with Crippen molar-refractivity contribution < 1.29 is 15.0 Å². The maximum absolute atomic E-state index is 12.9. The van der Waals surface area contributed by atoms with Gasteiger partial charge in [0.1, 0.15) is 0 Å². The Balaban J connectivity index is 2.04. The lowest BCUT2D eigenvalue weighted by atomic mass is 9.87. The van der Waals surface area contributed by atoms with Crippen LogP contribution in [0.5, 0.6) is 0 Å². The fourth-order valence-corrected chi connectivity index (χ4v) is 3.84. The number of likely N-dealkylation sites (tertiary alicyclic amines) is 1. The van der Waals surface area contributed by atoms with Crippen molar-refractivity contribution in [3.05, 3.63) is 29.8 Å². The van der Waals surface area contributed by atoms with Crippen molar-refractivity contribution in [3.8, 4) is 0 Å². The van der Waals surface area contributed by atoms with Crippen molar-refractivity contribution in [2.75, 3.05) is 58.9 Å². The summed E-state index contributed by atoms with van der Waals surface area (Å²) in [6.07, 6.45) is 2.68. The van der Waals surface area contributed by atoms with Crippen molar-refractivity contribution in [2.45, 2.75) is 25.3 Å². The number of hydrogen-bond acceptors (Lipinski definition) is 5. The van der Waals surface area contributed by atoms with Crippen molar-refractivity contribution >= 4 is 11.6 Å². The SMILES string of the molecule is CN(CCO)c1ccc(C(=O)N2CC[C@H](N(C)C)[C@H](CCCO)C2)cc1. The predicted molar refractivity (Wildman–Crippen MR) is 105 cm³/mol. The fraction of sp³-hybridized carbons (Fsp3) is 0.650. The quantitative estimate of drug-likeness (QED) is 0.728. The maximum Gasteiger partial charge on any atom is 0.253 e. The van der Waals surface area contributed by atoms with Gasteiger partial charge >= 0.3 is 0 Å². The number of likely N-dealkylation sites (N-methyl/N-ethyl adjacent to an activating group) is 1. The molecule has 0 aromatic heterocycles. The smallest absolute Gasteiger partial charge is 0.253 e. The first-order valence-electron chi connectivity index (χ1n) is 9.46. The van der Waals surface area contributed by atoms with E-state index in [9.17, 15) is 9.90 Å². The molecule has 0 spiro atoms. The summed E-state index contributed by atoms with van der Waals surface area (Å²) in [7, 11) is 6.11. The number of amides is 1. The van der Waals surface area contributed by atoms with Gasteiger partial charge < -0.3 is 24.9 Å². The van der Waals surface area contributed by atoms with Crippen LogP contribution in [-0.4, -0.2) is 86.0 Å². The molecule has 2 N–H and O–H groups in total. The second-order valence-electron chi connectivity index (χ2n) is 7.39. The normalized spacial score (nSPS) is 20.5. The minimum absolute atomic E-state index is 0.0764. The largest absolute Gasteiger partial charge is 0.396 e. The molecule has 146 valence electrons. The number of nitrogens with zero attached hydrogens (tertiary/aromatic N) is 3. The molecule has 1 saturated heterocycles. The molecule has 1 heterocycles. The van der Waals surface area contributed by atoms with E-state index >= 15 is 0 Å². The highest BCUT2D eigenvalue weighted by Crippen LogP contribution is 2.26. The van der Waals surface area contributed by atoms with E-state index < -0.39 is 0 Å². The predicted octanol–water partition coefficient (Wildman–Crippen LogP) is 1.28. The Morgan fingerprint density at radius 2 is 1.85 bits per heavy atom. The number of aliphatic hydroxyl groups is 2. The van der Waals surface area contributed by atoms with Crippen LogP contribution in [0.1, 0.15) is 29.6 Å². The van der Waals surface area contributed by atoms with Crippen LogP contribution in [0.4, 0.5) is 5.69 Å². The molecule has 0 aliphatic carbocycles. The number of carbonyl (C=O) groups is 1. The number of benzene rings is 1. The third kappa shape index (κ3) is 5.19. The highest BCUT2D eigenvalue weighted by Gasteiger charge is 2.32. The van der Waals surface area contributed by atoms with Gasteiger partial charge in [-0.15, -0.1) is 0 Å². The van der Waals surface area contributed by atoms with Crippen molar-refractivity contribution in [3.63, 3.8) is 0 Å². The number of aliphatic hydroxyl groups excluding tert-OH is 2. The van der Waals surface area contributed by atoms with E-state index in [1.807, 2.05) is 41.1 Å². The fourth-order valence-electron chi connectivity index (χ4n) is 3.84. The summed E-state index contributed by atoms with van der Waals surface area (Å²) in [6, 6.07) is 8.05. The second-order valence-corrected chi connectivity index (χ2v) is 7.39. The Kier molecular flexibility index (Phi) is 7.87. The van der Waals surface area contributed by atoms with Gasteiger partial charge in [0, 0.05) is 50.6 Å². The molecule has 0 saturated carbocycles. The van der Waals surface area contributed by atoms with Gasteiger partial charge in [0.25, 0.3) is 5.91 Å². The van der Waals surface area contributed by atoms with Crippen molar-refractivity contribution in [1.82, 2.24) is 9.80 Å². The molecule has 1 aliphatic rings. The molecule has 6 heteroatoms. The lowest BCUT2D eigenvalue weighted by molar-refractivity contribution is 0.0495. The lowest BCUT2D eigenvalue weighted by Gasteiger charge is -2.41. The number of anilines is 1. The third-order valence-electron chi connectivity index (χ3n) is 5.37. The van der Waals surface area contributed by atoms with E-state index in [4.69, 9.17) is 5.11 Å². The molecule has 26 heavy (non-hydrogen) atoms. The zero-order valence-electron chi connectivity index (χ0n) is 16.3. The van der Waals surface area contributed by atoms with Crippen LogP contribution < -0.4 is 4.90 Å². The Hall–Kier alpha value is -1.63. The molecule has 1 aliphatic heterocycles. The molecule has 6 nitrogen and oxygen atoms in total. The van der Waals surface area contributed by atoms with E-state index in [1.54, 1.807) is 0 Å². The topological polar surface area (TPSA) is 67.2 Å². The first-order valence-corrected chi connectivity index (χ1v) is 9.46. The van der Waals surface area contributed by atoms with Gasteiger partial charge in [-0.05, 0) is 63.5 Å². The second kappa shape index (κ2) is 9.90. The summed E-state index contributed by atoms with van der Waals surface area (Å²) in [5.74, 6) is 0.470. The van der Waals surface area contributed by atoms with E-state index in [-0.39, 0.29) is 19.1 Å². The molecule has 1 fully saturated rings. The molecule has 0 bridgehead atoms. The van der Waals surface area contributed by atoms with E-state index in [0.717, 1.165) is 38.0 Å². The maximum atomic E-state index is 12.9. The third-order valence-corrected chi connectivity index (χ3v) is 5.37. The summed E-state index contributed by atoms with van der Waals surface area (Å²) < 4.78 is 0. The monoisotopic (exact) mass is 363 g/mol. The molecule has 0 radical (unpaired) electrons. The molecule has 1 aromatic rings. The number of piperidine rings is 1. The van der Waals surface area contributed by atoms with Gasteiger partial charge in [-0.25, -0.2) is 0 Å². The molecule has 2 rings (SSSR count). The van der Waals surface area contributed by atoms with Crippen LogP contribution in [0.15, 0.2) is 24.3 Å². The summed E-state index contributed by atoms with van der Waals surface area (Å²) in [6.45, 7) is 2.38. The van der Waals surface area contributed by atoms with Gasteiger partial charge in [0.15, 0.2) is 0 Å². The lowest BCUT2D eigenvalue weighted by Crippen LogP contribution is -2.50. The van der Waals surface area contributed by atoms with E-state index in [0.29, 0.717) is 24.1 Å². The highest BCUT2D eigenvalue weighted by molar-refractivity contribution is 5.94. The van der Waals surface area contributed by atoms with Crippen LogP contribution in [0.25, 0.3) is 0 Å². The van der Waals surface area contributed by atoms with E-state index in [2.05, 4.69) is 19.0 Å². The summed E-state index contributed by atoms with van der Waals surface area (Å²) >= 11 is 0. The van der Waals surface area contributed by atoms with E-state index in [1.165, 1.54) is 0 Å². The molecule has 1 aromatic carbocycles. The van der Waals surface area contributed by atoms with Crippen molar-refractivity contribution in [1.29, 1.82) is 0 Å². The van der Waals surface area contributed by atoms with Crippen LogP contribution >= 0.6 is 0 Å². The molecular weight excluding hydrogens is 330 g/mol. The van der Waals surface area contributed by atoms with Crippen LogP contribution in [0.2, 0.25) is 0 Å². The zero-order valence-corrected chi connectivity index (χ0v) is 16.3. The van der Waals surface area contributed by atoms with Crippen LogP contribution in [0, 0.1) is 5.92 Å². The van der Waals surface area contributed by atoms with Gasteiger partial charge in [0.05, 0.1) is 6.61 Å². The number of hydrogen-bond donors (Lipinski definition) is 2. The molecular formula is C20H33N3O3. The Morgan fingerprint density at radius 3 is 2.42 bits per heavy atom. The highest BCUT2D eigenvalue weighted by atomic mass is 16.3. The standard InChI is InChI=1S/C20H33N3O3/c1-21(2)19-10-11-23(15-17(19)5-4-13-24)20(26)16-6-8-18(9-7-16)22(3)12-14-25/h6-9,17,19,24-25H,4-5,10-15H2,1-3H3/t17-,19+/m1/s1. The average molecular weight is 364 g/mol. The van der Waals surface area contributed by atoms with Gasteiger partial charge in [-0.3, -0.25) is 4.79 Å². The Bertz CT molecular complexity index is 562. The van der Waals surface area contributed by atoms with Crippen molar-refractivity contribution in [2.24, 2.45) is 5.92 Å². The summed E-state index contributed by atoms with van der Waals surface area (Å²) in [5.41, 5.74) is 1.69. The van der Waals surface area contributed by atoms with Crippen LogP contribution in [0.3, 0.4) is 0 Å². The first-order chi connectivity index (χ1) is 12.5. The number of carbonyl (C=O) groups excluding carboxylic acids is 1. The Morgan fingerprint density at radius 1 is 1.15 bits per heavy atom. The minimum atomic E-state index is 0.0764. The average Bonchev–Trinajstić information content (AvgIpc) is 2.65.